The van der Waals surface area contributed by atoms with Crippen LogP contribution in [0.1, 0.15) is 44.7 Å². The largest absolute Gasteiger partial charge is 0.385 e. The molecule has 2 rings (SSSR count). The van der Waals surface area contributed by atoms with Crippen molar-refractivity contribution in [2.75, 3.05) is 11.9 Å². The van der Waals surface area contributed by atoms with Crippen LogP contribution in [-0.4, -0.2) is 6.54 Å². The number of benzene rings is 2. The molecule has 0 bridgehead atoms. The maximum atomic E-state index is 3.61. The average molecular weight is 281 g/mol. The van der Waals surface area contributed by atoms with Crippen LogP contribution in [0.5, 0.6) is 0 Å². The van der Waals surface area contributed by atoms with Crippen LogP contribution in [0.15, 0.2) is 54.6 Å². The first-order valence-electron chi connectivity index (χ1n) is 7.95. The fourth-order valence-electron chi connectivity index (χ4n) is 2.61. The van der Waals surface area contributed by atoms with Gasteiger partial charge in [-0.3, -0.25) is 0 Å². The van der Waals surface area contributed by atoms with E-state index in [0.717, 1.165) is 6.54 Å². The maximum absolute atomic E-state index is 3.61. The molecule has 1 nitrogen and oxygen atoms in total. The Hall–Kier alpha value is -1.76. The van der Waals surface area contributed by atoms with Gasteiger partial charge in [-0.05, 0) is 41.9 Å². The molecule has 0 heterocycles. The van der Waals surface area contributed by atoms with Crippen LogP contribution in [-0.2, 0) is 11.8 Å². The van der Waals surface area contributed by atoms with Crippen molar-refractivity contribution in [1.29, 1.82) is 0 Å². The van der Waals surface area contributed by atoms with Gasteiger partial charge in [0, 0.05) is 12.2 Å². The fourth-order valence-corrected chi connectivity index (χ4v) is 2.61. The summed E-state index contributed by atoms with van der Waals surface area (Å²) in [5.41, 5.74) is 4.30. The second kappa shape index (κ2) is 7.31. The molecule has 2 aromatic carbocycles. The molecular weight excluding hydrogens is 254 g/mol. The summed E-state index contributed by atoms with van der Waals surface area (Å²) in [6.07, 6.45) is 3.60. The van der Waals surface area contributed by atoms with E-state index in [1.165, 1.54) is 36.1 Å². The van der Waals surface area contributed by atoms with Gasteiger partial charge in [0.1, 0.15) is 0 Å². The van der Waals surface area contributed by atoms with Crippen molar-refractivity contribution < 1.29 is 0 Å². The number of para-hydroxylation sites is 1. The highest BCUT2D eigenvalue weighted by Gasteiger charge is 2.16. The summed E-state index contributed by atoms with van der Waals surface area (Å²) < 4.78 is 0. The van der Waals surface area contributed by atoms with Gasteiger partial charge in [0.2, 0.25) is 0 Å². The average Bonchev–Trinajstić information content (AvgIpc) is 2.47. The number of anilines is 1. The van der Waals surface area contributed by atoms with Crippen molar-refractivity contribution in [1.82, 2.24) is 0 Å². The molecule has 1 heteroatoms. The Labute approximate surface area is 129 Å². The number of nitrogens with one attached hydrogen (secondary N) is 1. The van der Waals surface area contributed by atoms with Gasteiger partial charge in [-0.25, -0.2) is 0 Å². The Balaban J connectivity index is 1.79. The van der Waals surface area contributed by atoms with Gasteiger partial charge in [0.15, 0.2) is 0 Å². The van der Waals surface area contributed by atoms with Crippen LogP contribution in [0.25, 0.3) is 0 Å². The Morgan fingerprint density at radius 2 is 1.48 bits per heavy atom. The SMILES string of the molecule is CC(C)(C)c1ccccc1NCCCCc1ccccc1. The van der Waals surface area contributed by atoms with E-state index in [1.54, 1.807) is 0 Å². The summed E-state index contributed by atoms with van der Waals surface area (Å²) in [5.74, 6) is 0. The van der Waals surface area contributed by atoms with Crippen LogP contribution in [0.3, 0.4) is 0 Å². The summed E-state index contributed by atoms with van der Waals surface area (Å²) in [6.45, 7) is 7.84. The summed E-state index contributed by atoms with van der Waals surface area (Å²) in [7, 11) is 0. The van der Waals surface area contributed by atoms with Gasteiger partial charge < -0.3 is 5.32 Å². The van der Waals surface area contributed by atoms with Crippen LogP contribution in [0.4, 0.5) is 5.69 Å². The lowest BCUT2D eigenvalue weighted by Gasteiger charge is -2.23. The van der Waals surface area contributed by atoms with Crippen LogP contribution >= 0.6 is 0 Å². The van der Waals surface area contributed by atoms with E-state index in [0.29, 0.717) is 0 Å². The highest BCUT2D eigenvalue weighted by Crippen LogP contribution is 2.29. The molecule has 0 amide bonds. The second-order valence-corrected chi connectivity index (χ2v) is 6.67. The van der Waals surface area contributed by atoms with Crippen LogP contribution < -0.4 is 5.32 Å². The Morgan fingerprint density at radius 3 is 2.19 bits per heavy atom. The molecule has 21 heavy (non-hydrogen) atoms. The molecule has 1 N–H and O–H groups in total. The summed E-state index contributed by atoms with van der Waals surface area (Å²) in [6, 6.07) is 19.4. The molecule has 0 saturated carbocycles. The third-order valence-corrected chi connectivity index (χ3v) is 3.79. The number of hydrogen-bond donors (Lipinski definition) is 1. The summed E-state index contributed by atoms with van der Waals surface area (Å²) in [4.78, 5) is 0. The molecule has 2 aromatic rings. The predicted molar refractivity (Wildman–Crippen MR) is 93.0 cm³/mol. The summed E-state index contributed by atoms with van der Waals surface area (Å²) in [5, 5.41) is 3.61. The highest BCUT2D eigenvalue weighted by molar-refractivity contribution is 5.54. The topological polar surface area (TPSA) is 12.0 Å². The molecule has 0 fully saturated rings. The number of unbranched alkanes of at least 4 members (excludes halogenated alkanes) is 1. The van der Waals surface area contributed by atoms with Crippen LogP contribution in [0.2, 0.25) is 0 Å². The van der Waals surface area contributed by atoms with Crippen molar-refractivity contribution in [3.8, 4) is 0 Å². The Morgan fingerprint density at radius 1 is 0.810 bits per heavy atom. The van der Waals surface area contributed by atoms with Gasteiger partial charge >= 0.3 is 0 Å². The zero-order valence-electron chi connectivity index (χ0n) is 13.5. The zero-order valence-corrected chi connectivity index (χ0v) is 13.5. The lowest BCUT2D eigenvalue weighted by molar-refractivity contribution is 0.591. The van der Waals surface area contributed by atoms with Crippen molar-refractivity contribution in [2.45, 2.75) is 45.4 Å². The minimum atomic E-state index is 0.188. The maximum Gasteiger partial charge on any atom is 0.0378 e. The van der Waals surface area contributed by atoms with E-state index >= 15 is 0 Å². The standard InChI is InChI=1S/C20H27N/c1-20(2,3)18-14-7-8-15-19(18)21-16-10-9-13-17-11-5-4-6-12-17/h4-8,11-12,14-15,21H,9-10,13,16H2,1-3H3. The molecule has 112 valence electrons. The van der Waals surface area contributed by atoms with Gasteiger partial charge in [-0.1, -0.05) is 69.3 Å². The third kappa shape index (κ3) is 4.93. The molecule has 0 radical (unpaired) electrons. The molecule has 0 spiro atoms. The van der Waals surface area contributed by atoms with Crippen LogP contribution in [0, 0.1) is 0 Å². The molecule has 0 aliphatic carbocycles. The number of hydrogen-bond acceptors (Lipinski definition) is 1. The molecule has 0 aliphatic rings. The fraction of sp³-hybridized carbons (Fsp3) is 0.400. The van der Waals surface area contributed by atoms with Crippen molar-refractivity contribution >= 4 is 5.69 Å². The van der Waals surface area contributed by atoms with Crippen molar-refractivity contribution in [3.63, 3.8) is 0 Å². The van der Waals surface area contributed by atoms with Gasteiger partial charge in [0.25, 0.3) is 0 Å². The van der Waals surface area contributed by atoms with E-state index in [9.17, 15) is 0 Å². The smallest absolute Gasteiger partial charge is 0.0378 e. The molecule has 0 saturated heterocycles. The Bertz CT molecular complexity index is 537. The van der Waals surface area contributed by atoms with Crippen molar-refractivity contribution in [2.24, 2.45) is 0 Å². The van der Waals surface area contributed by atoms with Gasteiger partial charge in [0.05, 0.1) is 0 Å². The predicted octanol–water partition coefficient (Wildman–Crippen LogP) is 5.42. The molecular formula is C20H27N. The lowest BCUT2D eigenvalue weighted by atomic mass is 9.86. The summed E-state index contributed by atoms with van der Waals surface area (Å²) >= 11 is 0. The van der Waals surface area contributed by atoms with Gasteiger partial charge in [-0.2, -0.15) is 0 Å². The second-order valence-electron chi connectivity index (χ2n) is 6.67. The molecule has 0 aromatic heterocycles. The van der Waals surface area contributed by atoms with Gasteiger partial charge in [-0.15, -0.1) is 0 Å². The monoisotopic (exact) mass is 281 g/mol. The van der Waals surface area contributed by atoms with Crippen molar-refractivity contribution in [3.05, 3.63) is 65.7 Å². The molecule has 0 unspecified atom stereocenters. The first kappa shape index (κ1) is 15.6. The highest BCUT2D eigenvalue weighted by atomic mass is 14.9. The van der Waals surface area contributed by atoms with E-state index < -0.39 is 0 Å². The lowest BCUT2D eigenvalue weighted by Crippen LogP contribution is -2.15. The first-order valence-corrected chi connectivity index (χ1v) is 7.95. The number of rotatable bonds is 6. The Kier molecular flexibility index (Phi) is 5.44. The molecule has 0 atom stereocenters. The van der Waals surface area contributed by atoms with E-state index in [-0.39, 0.29) is 5.41 Å². The normalized spacial score (nSPS) is 11.4. The number of aryl methyl sites for hydroxylation is 1. The molecule has 0 aliphatic heterocycles. The first-order chi connectivity index (χ1) is 10.1. The quantitative estimate of drug-likeness (QED) is 0.697. The zero-order chi connectivity index (χ0) is 15.1. The van der Waals surface area contributed by atoms with E-state index in [2.05, 4.69) is 80.7 Å². The third-order valence-electron chi connectivity index (χ3n) is 3.79. The minimum absolute atomic E-state index is 0.188. The van der Waals surface area contributed by atoms with E-state index in [4.69, 9.17) is 0 Å². The minimum Gasteiger partial charge on any atom is -0.385 e. The van der Waals surface area contributed by atoms with E-state index in [1.807, 2.05) is 0 Å².